The van der Waals surface area contributed by atoms with Crippen LogP contribution in [0.1, 0.15) is 30.9 Å². The highest BCUT2D eigenvalue weighted by Crippen LogP contribution is 2.33. The molecule has 2 aromatic rings. The van der Waals surface area contributed by atoms with Crippen LogP contribution in [0.25, 0.3) is 0 Å². The molecule has 0 radical (unpaired) electrons. The van der Waals surface area contributed by atoms with Gasteiger partial charge in [-0.15, -0.1) is 0 Å². The lowest BCUT2D eigenvalue weighted by Gasteiger charge is -2.29. The van der Waals surface area contributed by atoms with Gasteiger partial charge in [0.15, 0.2) is 0 Å². The monoisotopic (exact) mass is 438 g/mol. The number of nitrogens with zero attached hydrogens (tertiary/aromatic N) is 1. The maximum absolute atomic E-state index is 13.2. The van der Waals surface area contributed by atoms with Crippen LogP contribution in [-0.2, 0) is 20.0 Å². The van der Waals surface area contributed by atoms with Crippen LogP contribution in [0.5, 0.6) is 5.75 Å². The van der Waals surface area contributed by atoms with Gasteiger partial charge in [-0.1, -0.05) is 12.1 Å². The van der Waals surface area contributed by atoms with Gasteiger partial charge in [0.05, 0.1) is 23.7 Å². The molecule has 1 heterocycles. The first-order valence-corrected chi connectivity index (χ1v) is 12.6. The van der Waals surface area contributed by atoms with Crippen LogP contribution in [-0.4, -0.2) is 35.7 Å². The molecule has 158 valence electrons. The summed E-state index contributed by atoms with van der Waals surface area (Å²) in [6.45, 7) is 6.12. The minimum atomic E-state index is -4.00. The maximum Gasteiger partial charge on any atom is 0.265 e. The molecule has 0 amide bonds. The van der Waals surface area contributed by atoms with E-state index in [1.807, 2.05) is 19.9 Å². The van der Waals surface area contributed by atoms with E-state index < -0.39 is 20.0 Å². The Morgan fingerprint density at radius 1 is 1.14 bits per heavy atom. The molecule has 29 heavy (non-hydrogen) atoms. The number of nitrogens with one attached hydrogen (secondary N) is 1. The predicted molar refractivity (Wildman–Crippen MR) is 115 cm³/mol. The third-order valence-corrected chi connectivity index (χ3v) is 8.26. The fraction of sp³-hybridized carbons (Fsp3) is 0.400. The van der Waals surface area contributed by atoms with Gasteiger partial charge in [0, 0.05) is 6.54 Å². The molecule has 2 aromatic carbocycles. The first-order valence-electron chi connectivity index (χ1n) is 9.52. The summed E-state index contributed by atoms with van der Waals surface area (Å²) in [5.41, 5.74) is 2.59. The average Bonchev–Trinajstić information content (AvgIpc) is 2.66. The number of ether oxygens (including phenoxy) is 1. The number of anilines is 2. The standard InChI is InChI=1S/C20H26N2O5S2/c1-4-27-19-11-10-17(22-12-5-6-13-28(22,23)24)14-20(19)29(25,26)21-18-9-7-8-15(2)16(18)3/h7-11,14,21H,4-6,12-13H2,1-3H3. The van der Waals surface area contributed by atoms with Gasteiger partial charge in [-0.2, -0.15) is 0 Å². The summed E-state index contributed by atoms with van der Waals surface area (Å²) >= 11 is 0. The lowest BCUT2D eigenvalue weighted by Crippen LogP contribution is -2.38. The van der Waals surface area contributed by atoms with Crippen molar-refractivity contribution in [2.45, 2.75) is 38.5 Å². The minimum Gasteiger partial charge on any atom is -0.492 e. The molecule has 0 saturated carbocycles. The summed E-state index contributed by atoms with van der Waals surface area (Å²) < 4.78 is 60.7. The lowest BCUT2D eigenvalue weighted by molar-refractivity contribution is 0.331. The van der Waals surface area contributed by atoms with Crippen molar-refractivity contribution in [1.29, 1.82) is 0 Å². The third-order valence-electron chi connectivity index (χ3n) is 5.00. The molecule has 0 bridgehead atoms. The Bertz CT molecular complexity index is 1110. The van der Waals surface area contributed by atoms with Crippen molar-refractivity contribution >= 4 is 31.4 Å². The van der Waals surface area contributed by atoms with Gasteiger partial charge in [-0.3, -0.25) is 9.03 Å². The molecular formula is C20H26N2O5S2. The van der Waals surface area contributed by atoms with Crippen molar-refractivity contribution in [1.82, 2.24) is 0 Å². The zero-order chi connectivity index (χ0) is 21.2. The van der Waals surface area contributed by atoms with E-state index in [2.05, 4.69) is 4.72 Å². The second-order valence-electron chi connectivity index (χ2n) is 7.01. The predicted octanol–water partition coefficient (Wildman–Crippen LogP) is 3.43. The molecule has 0 spiro atoms. The number of rotatable bonds is 6. The molecule has 7 nitrogen and oxygen atoms in total. The summed E-state index contributed by atoms with van der Waals surface area (Å²) in [7, 11) is -7.46. The van der Waals surface area contributed by atoms with Gasteiger partial charge in [0.1, 0.15) is 10.6 Å². The van der Waals surface area contributed by atoms with Gasteiger partial charge in [0.25, 0.3) is 10.0 Å². The molecule has 0 aromatic heterocycles. The maximum atomic E-state index is 13.2. The molecule has 0 unspecified atom stereocenters. The van der Waals surface area contributed by atoms with Crippen molar-refractivity contribution in [3.05, 3.63) is 47.5 Å². The first kappa shape index (κ1) is 21.4. The molecule has 1 aliphatic rings. The van der Waals surface area contributed by atoms with Gasteiger partial charge < -0.3 is 4.74 Å². The largest absolute Gasteiger partial charge is 0.492 e. The third kappa shape index (κ3) is 4.51. The van der Waals surface area contributed by atoms with Crippen LogP contribution in [0.15, 0.2) is 41.3 Å². The van der Waals surface area contributed by atoms with Crippen molar-refractivity contribution in [2.75, 3.05) is 27.9 Å². The number of benzene rings is 2. The Morgan fingerprint density at radius 3 is 2.59 bits per heavy atom. The average molecular weight is 439 g/mol. The molecule has 0 aliphatic carbocycles. The van der Waals surface area contributed by atoms with E-state index in [1.54, 1.807) is 25.1 Å². The molecule has 3 rings (SSSR count). The van der Waals surface area contributed by atoms with Gasteiger partial charge in [-0.05, 0) is 69.0 Å². The number of aryl methyl sites for hydroxylation is 1. The van der Waals surface area contributed by atoms with E-state index in [0.717, 1.165) is 17.5 Å². The summed E-state index contributed by atoms with van der Waals surface area (Å²) in [5.74, 6) is 0.242. The SMILES string of the molecule is CCOc1ccc(N2CCCCS2(=O)=O)cc1S(=O)(=O)Nc1cccc(C)c1C. The van der Waals surface area contributed by atoms with Crippen LogP contribution in [0.4, 0.5) is 11.4 Å². The molecule has 1 fully saturated rings. The van der Waals surface area contributed by atoms with E-state index in [1.165, 1.54) is 16.4 Å². The second kappa shape index (κ2) is 8.23. The number of hydrogen-bond acceptors (Lipinski definition) is 5. The van der Waals surface area contributed by atoms with E-state index >= 15 is 0 Å². The van der Waals surface area contributed by atoms with Gasteiger partial charge >= 0.3 is 0 Å². The van der Waals surface area contributed by atoms with E-state index in [-0.39, 0.29) is 23.0 Å². The zero-order valence-corrected chi connectivity index (χ0v) is 18.4. The van der Waals surface area contributed by atoms with Crippen LogP contribution in [0.3, 0.4) is 0 Å². The van der Waals surface area contributed by atoms with Crippen molar-refractivity contribution in [3.8, 4) is 5.75 Å². The quantitative estimate of drug-likeness (QED) is 0.746. The van der Waals surface area contributed by atoms with Gasteiger partial charge in [-0.25, -0.2) is 16.8 Å². The molecule has 1 N–H and O–H groups in total. The Morgan fingerprint density at radius 2 is 1.90 bits per heavy atom. The Balaban J connectivity index is 2.07. The number of hydrogen-bond donors (Lipinski definition) is 1. The van der Waals surface area contributed by atoms with Crippen LogP contribution < -0.4 is 13.8 Å². The zero-order valence-electron chi connectivity index (χ0n) is 16.8. The Labute approximate surface area is 172 Å². The highest BCUT2D eigenvalue weighted by atomic mass is 32.2. The molecule has 1 saturated heterocycles. The molecule has 1 aliphatic heterocycles. The topological polar surface area (TPSA) is 92.8 Å². The highest BCUT2D eigenvalue weighted by Gasteiger charge is 2.29. The normalized spacial score (nSPS) is 16.4. The fourth-order valence-electron chi connectivity index (χ4n) is 3.28. The van der Waals surface area contributed by atoms with Crippen molar-refractivity contribution in [2.24, 2.45) is 0 Å². The molecule has 9 heteroatoms. The summed E-state index contributed by atoms with van der Waals surface area (Å²) in [6.07, 6.45) is 1.34. The number of sulfonamides is 2. The lowest BCUT2D eigenvalue weighted by atomic mass is 10.1. The minimum absolute atomic E-state index is 0.0586. The highest BCUT2D eigenvalue weighted by molar-refractivity contribution is 7.93. The van der Waals surface area contributed by atoms with Crippen molar-refractivity contribution < 1.29 is 21.6 Å². The molecular weight excluding hydrogens is 412 g/mol. The van der Waals surface area contributed by atoms with Gasteiger partial charge in [0.2, 0.25) is 10.0 Å². The Kier molecular flexibility index (Phi) is 6.09. The van der Waals surface area contributed by atoms with Crippen LogP contribution >= 0.6 is 0 Å². The van der Waals surface area contributed by atoms with Crippen LogP contribution in [0.2, 0.25) is 0 Å². The molecule has 0 atom stereocenters. The fourth-order valence-corrected chi connectivity index (χ4v) is 6.20. The smallest absolute Gasteiger partial charge is 0.265 e. The van der Waals surface area contributed by atoms with E-state index in [4.69, 9.17) is 4.74 Å². The summed E-state index contributed by atoms with van der Waals surface area (Å²) in [6, 6.07) is 9.85. The van der Waals surface area contributed by atoms with Crippen LogP contribution in [0, 0.1) is 13.8 Å². The van der Waals surface area contributed by atoms with E-state index in [0.29, 0.717) is 24.3 Å². The summed E-state index contributed by atoms with van der Waals surface area (Å²) in [4.78, 5) is -0.0847. The Hall–Kier alpha value is -2.26. The first-order chi connectivity index (χ1) is 13.7. The summed E-state index contributed by atoms with van der Waals surface area (Å²) in [5, 5.41) is 0. The van der Waals surface area contributed by atoms with Crippen molar-refractivity contribution in [3.63, 3.8) is 0 Å². The second-order valence-corrected chi connectivity index (χ2v) is 10.7. The van der Waals surface area contributed by atoms with E-state index in [9.17, 15) is 16.8 Å².